The molecular formula is C11H15F3N2. The van der Waals surface area contributed by atoms with Gasteiger partial charge in [-0.05, 0) is 24.1 Å². The molecular weight excluding hydrogens is 217 g/mol. The lowest BCUT2D eigenvalue weighted by molar-refractivity contribution is -0.124. The van der Waals surface area contributed by atoms with E-state index in [1.807, 2.05) is 24.3 Å². The van der Waals surface area contributed by atoms with E-state index < -0.39 is 12.7 Å². The van der Waals surface area contributed by atoms with Crippen LogP contribution in [0.2, 0.25) is 0 Å². The monoisotopic (exact) mass is 232 g/mol. The molecule has 0 aliphatic carbocycles. The molecule has 5 heteroatoms. The summed E-state index contributed by atoms with van der Waals surface area (Å²) in [4.78, 5) is 0. The van der Waals surface area contributed by atoms with Gasteiger partial charge in [0.2, 0.25) is 0 Å². The molecule has 0 atom stereocenters. The van der Waals surface area contributed by atoms with E-state index in [9.17, 15) is 13.2 Å². The van der Waals surface area contributed by atoms with Crippen molar-refractivity contribution in [3.8, 4) is 0 Å². The zero-order chi connectivity index (χ0) is 12.0. The molecule has 0 aliphatic heterocycles. The Morgan fingerprint density at radius 3 is 2.31 bits per heavy atom. The third-order valence-electron chi connectivity index (χ3n) is 2.23. The van der Waals surface area contributed by atoms with Crippen LogP contribution in [0, 0.1) is 0 Å². The molecule has 0 spiro atoms. The van der Waals surface area contributed by atoms with E-state index in [2.05, 4.69) is 5.32 Å². The topological polar surface area (TPSA) is 38.0 Å². The Morgan fingerprint density at radius 1 is 1.12 bits per heavy atom. The molecule has 0 amide bonds. The van der Waals surface area contributed by atoms with Crippen LogP contribution in [0.5, 0.6) is 0 Å². The Morgan fingerprint density at radius 2 is 1.75 bits per heavy atom. The van der Waals surface area contributed by atoms with E-state index in [0.717, 1.165) is 11.1 Å². The largest absolute Gasteiger partial charge is 0.401 e. The average Bonchev–Trinajstić information content (AvgIpc) is 2.23. The highest BCUT2D eigenvalue weighted by atomic mass is 19.4. The summed E-state index contributed by atoms with van der Waals surface area (Å²) < 4.78 is 35.5. The number of alkyl halides is 3. The number of nitrogens with two attached hydrogens (primary N) is 1. The standard InChI is InChI=1S/C11H15F3N2/c12-11(13,14)8-16-6-5-9-3-1-2-4-10(9)7-15/h1-4,16H,5-8,15H2. The fourth-order valence-electron chi connectivity index (χ4n) is 1.45. The van der Waals surface area contributed by atoms with Crippen molar-refractivity contribution in [1.82, 2.24) is 5.32 Å². The maximum absolute atomic E-state index is 11.8. The summed E-state index contributed by atoms with van der Waals surface area (Å²) in [6.07, 6.45) is -3.59. The second-order valence-corrected chi connectivity index (χ2v) is 3.51. The highest BCUT2D eigenvalue weighted by Gasteiger charge is 2.25. The van der Waals surface area contributed by atoms with E-state index >= 15 is 0 Å². The molecule has 0 aliphatic rings. The van der Waals surface area contributed by atoms with Crippen LogP contribution in [0.15, 0.2) is 24.3 Å². The predicted octanol–water partition coefficient (Wildman–Crippen LogP) is 1.84. The SMILES string of the molecule is NCc1ccccc1CCNCC(F)(F)F. The molecule has 0 aromatic heterocycles. The van der Waals surface area contributed by atoms with Crippen molar-refractivity contribution in [1.29, 1.82) is 0 Å². The van der Waals surface area contributed by atoms with Crippen molar-refractivity contribution in [2.45, 2.75) is 19.1 Å². The Bertz CT molecular complexity index is 323. The number of nitrogens with one attached hydrogen (secondary N) is 1. The first-order valence-corrected chi connectivity index (χ1v) is 5.07. The van der Waals surface area contributed by atoms with Crippen molar-refractivity contribution in [2.75, 3.05) is 13.1 Å². The molecule has 0 radical (unpaired) electrons. The van der Waals surface area contributed by atoms with Crippen LogP contribution in [-0.2, 0) is 13.0 Å². The van der Waals surface area contributed by atoms with Crippen molar-refractivity contribution >= 4 is 0 Å². The van der Waals surface area contributed by atoms with Crippen LogP contribution in [0.25, 0.3) is 0 Å². The fourth-order valence-corrected chi connectivity index (χ4v) is 1.45. The van der Waals surface area contributed by atoms with Crippen LogP contribution >= 0.6 is 0 Å². The molecule has 2 nitrogen and oxygen atoms in total. The Labute approximate surface area is 92.6 Å². The average molecular weight is 232 g/mol. The smallest absolute Gasteiger partial charge is 0.326 e. The van der Waals surface area contributed by atoms with Gasteiger partial charge in [0.05, 0.1) is 6.54 Å². The van der Waals surface area contributed by atoms with Gasteiger partial charge in [-0.25, -0.2) is 0 Å². The molecule has 0 unspecified atom stereocenters. The third kappa shape index (κ3) is 4.63. The number of benzene rings is 1. The number of hydrogen-bond donors (Lipinski definition) is 2. The van der Waals surface area contributed by atoms with E-state index in [0.29, 0.717) is 19.5 Å². The Hall–Kier alpha value is -1.07. The zero-order valence-corrected chi connectivity index (χ0v) is 8.85. The lowest BCUT2D eigenvalue weighted by atomic mass is 10.0. The molecule has 16 heavy (non-hydrogen) atoms. The van der Waals surface area contributed by atoms with Crippen molar-refractivity contribution < 1.29 is 13.2 Å². The lowest BCUT2D eigenvalue weighted by Crippen LogP contribution is -2.30. The van der Waals surface area contributed by atoms with Gasteiger partial charge in [-0.2, -0.15) is 13.2 Å². The first-order valence-electron chi connectivity index (χ1n) is 5.07. The molecule has 1 aromatic carbocycles. The molecule has 0 bridgehead atoms. The van der Waals surface area contributed by atoms with E-state index in [1.54, 1.807) is 0 Å². The summed E-state index contributed by atoms with van der Waals surface area (Å²) in [5, 5.41) is 2.36. The van der Waals surface area contributed by atoms with Crippen LogP contribution in [0.3, 0.4) is 0 Å². The summed E-state index contributed by atoms with van der Waals surface area (Å²) in [6, 6.07) is 7.50. The molecule has 1 rings (SSSR count). The molecule has 0 heterocycles. The van der Waals surface area contributed by atoms with Gasteiger partial charge >= 0.3 is 6.18 Å². The maximum Gasteiger partial charge on any atom is 0.401 e. The van der Waals surface area contributed by atoms with Gasteiger partial charge in [-0.1, -0.05) is 24.3 Å². The summed E-state index contributed by atoms with van der Waals surface area (Å²) in [5.74, 6) is 0. The molecule has 0 saturated heterocycles. The van der Waals surface area contributed by atoms with Crippen LogP contribution in [0.1, 0.15) is 11.1 Å². The van der Waals surface area contributed by atoms with Gasteiger partial charge < -0.3 is 11.1 Å². The zero-order valence-electron chi connectivity index (χ0n) is 8.85. The molecule has 90 valence electrons. The summed E-state index contributed by atoms with van der Waals surface area (Å²) in [6.45, 7) is -0.232. The summed E-state index contributed by atoms with van der Waals surface area (Å²) in [7, 11) is 0. The van der Waals surface area contributed by atoms with E-state index in [-0.39, 0.29) is 0 Å². The van der Waals surface area contributed by atoms with E-state index in [1.165, 1.54) is 0 Å². The van der Waals surface area contributed by atoms with Crippen LogP contribution in [-0.4, -0.2) is 19.3 Å². The fraction of sp³-hybridized carbons (Fsp3) is 0.455. The second-order valence-electron chi connectivity index (χ2n) is 3.51. The molecule has 0 fully saturated rings. The van der Waals surface area contributed by atoms with Crippen molar-refractivity contribution in [2.24, 2.45) is 5.73 Å². The number of halogens is 3. The normalized spacial score (nSPS) is 11.8. The second kappa shape index (κ2) is 5.86. The Kier molecular flexibility index (Phi) is 4.76. The first-order chi connectivity index (χ1) is 7.53. The van der Waals surface area contributed by atoms with Gasteiger partial charge in [0.25, 0.3) is 0 Å². The summed E-state index contributed by atoms with van der Waals surface area (Å²) >= 11 is 0. The summed E-state index contributed by atoms with van der Waals surface area (Å²) in [5.41, 5.74) is 7.51. The van der Waals surface area contributed by atoms with Gasteiger partial charge in [-0.3, -0.25) is 0 Å². The number of rotatable bonds is 5. The van der Waals surface area contributed by atoms with Crippen LogP contribution < -0.4 is 11.1 Å². The maximum atomic E-state index is 11.8. The van der Waals surface area contributed by atoms with Crippen molar-refractivity contribution in [3.63, 3.8) is 0 Å². The van der Waals surface area contributed by atoms with Gasteiger partial charge in [0, 0.05) is 6.54 Å². The highest BCUT2D eigenvalue weighted by molar-refractivity contribution is 5.27. The van der Waals surface area contributed by atoms with Gasteiger partial charge in [0.15, 0.2) is 0 Å². The predicted molar refractivity (Wildman–Crippen MR) is 57.0 cm³/mol. The number of hydrogen-bond acceptors (Lipinski definition) is 2. The van der Waals surface area contributed by atoms with E-state index in [4.69, 9.17) is 5.73 Å². The van der Waals surface area contributed by atoms with Crippen molar-refractivity contribution in [3.05, 3.63) is 35.4 Å². The van der Waals surface area contributed by atoms with Gasteiger partial charge in [0.1, 0.15) is 0 Å². The first kappa shape index (κ1) is 13.0. The molecule has 3 N–H and O–H groups in total. The molecule has 1 aromatic rings. The highest BCUT2D eigenvalue weighted by Crippen LogP contribution is 2.12. The minimum absolute atomic E-state index is 0.302. The Balaban J connectivity index is 2.37. The third-order valence-corrected chi connectivity index (χ3v) is 2.23. The van der Waals surface area contributed by atoms with Crippen LogP contribution in [0.4, 0.5) is 13.2 Å². The quantitative estimate of drug-likeness (QED) is 0.760. The molecule has 0 saturated carbocycles. The lowest BCUT2D eigenvalue weighted by Gasteiger charge is -2.10. The minimum Gasteiger partial charge on any atom is -0.326 e. The van der Waals surface area contributed by atoms with Gasteiger partial charge in [-0.15, -0.1) is 0 Å². The minimum atomic E-state index is -4.15.